The summed E-state index contributed by atoms with van der Waals surface area (Å²) >= 11 is 0. The maximum absolute atomic E-state index is 12.4. The molecule has 1 aromatic heterocycles. The van der Waals surface area contributed by atoms with Gasteiger partial charge in [-0.3, -0.25) is 10.1 Å². The summed E-state index contributed by atoms with van der Waals surface area (Å²) in [6.45, 7) is 10.7. The number of anilines is 1. The lowest BCUT2D eigenvalue weighted by molar-refractivity contribution is 0.102. The Kier molecular flexibility index (Phi) is 5.63. The summed E-state index contributed by atoms with van der Waals surface area (Å²) in [6.07, 6.45) is 0.529. The molecule has 0 aliphatic heterocycles. The normalized spacial score (nSPS) is 11.6. The van der Waals surface area contributed by atoms with Gasteiger partial charge in [0.2, 0.25) is 5.89 Å². The van der Waals surface area contributed by atoms with E-state index in [1.165, 1.54) is 11.1 Å². The number of rotatable bonds is 5. The van der Waals surface area contributed by atoms with Crippen LogP contribution in [0.3, 0.4) is 0 Å². The molecule has 0 atom stereocenters. The number of aromatic nitrogens is 2. The summed E-state index contributed by atoms with van der Waals surface area (Å²) in [5.41, 5.74) is 4.15. The van der Waals surface area contributed by atoms with Crippen LogP contribution in [0.25, 0.3) is 0 Å². The lowest BCUT2D eigenvalue weighted by atomic mass is 9.87. The molecule has 3 aromatic rings. The summed E-state index contributed by atoms with van der Waals surface area (Å²) in [6, 6.07) is 16.0. The van der Waals surface area contributed by atoms with Crippen molar-refractivity contribution >= 4 is 11.9 Å². The summed E-state index contributed by atoms with van der Waals surface area (Å²) in [4.78, 5) is 12.4. The van der Waals surface area contributed by atoms with Gasteiger partial charge in [0.25, 0.3) is 5.91 Å². The van der Waals surface area contributed by atoms with Crippen LogP contribution in [0.4, 0.5) is 6.01 Å². The molecule has 146 valence electrons. The molecule has 5 heteroatoms. The summed E-state index contributed by atoms with van der Waals surface area (Å²) in [5, 5.41) is 10.6. The zero-order valence-electron chi connectivity index (χ0n) is 17.1. The van der Waals surface area contributed by atoms with Crippen molar-refractivity contribution in [3.63, 3.8) is 0 Å². The highest BCUT2D eigenvalue weighted by atomic mass is 16.4. The van der Waals surface area contributed by atoms with E-state index < -0.39 is 0 Å². The van der Waals surface area contributed by atoms with E-state index in [1.54, 1.807) is 0 Å². The maximum Gasteiger partial charge on any atom is 0.322 e. The van der Waals surface area contributed by atoms with Gasteiger partial charge in [-0.25, -0.2) is 0 Å². The highest BCUT2D eigenvalue weighted by Crippen LogP contribution is 2.22. The monoisotopic (exact) mass is 377 g/mol. The molecule has 5 nitrogen and oxygen atoms in total. The molecular formula is C23H27N3O2. The number of nitrogens with one attached hydrogen (secondary N) is 1. The van der Waals surface area contributed by atoms with Gasteiger partial charge in [-0.2, -0.15) is 0 Å². The van der Waals surface area contributed by atoms with Crippen molar-refractivity contribution in [2.24, 2.45) is 0 Å². The van der Waals surface area contributed by atoms with Crippen molar-refractivity contribution in [3.8, 4) is 0 Å². The van der Waals surface area contributed by atoms with Crippen LogP contribution in [0.5, 0.6) is 0 Å². The third-order valence-corrected chi connectivity index (χ3v) is 4.70. The predicted octanol–water partition coefficient (Wildman–Crippen LogP) is 5.33. The van der Waals surface area contributed by atoms with E-state index in [0.29, 0.717) is 23.8 Å². The van der Waals surface area contributed by atoms with Crippen LogP contribution in [0.1, 0.15) is 73.5 Å². The molecular weight excluding hydrogens is 350 g/mol. The standard InChI is InChI=1S/C23H27N3O2/c1-15(2)17-8-6-16(7-9-17)14-20-25-26-22(28-20)24-21(27)18-10-12-19(13-11-18)23(3,4)5/h6-13,15H,14H2,1-5H3,(H,24,26,27). The second kappa shape index (κ2) is 7.97. The van der Waals surface area contributed by atoms with Gasteiger partial charge in [-0.1, -0.05) is 76.1 Å². The topological polar surface area (TPSA) is 68.0 Å². The third kappa shape index (κ3) is 4.85. The van der Waals surface area contributed by atoms with Crippen molar-refractivity contribution < 1.29 is 9.21 Å². The molecule has 0 spiro atoms. The van der Waals surface area contributed by atoms with Crippen LogP contribution >= 0.6 is 0 Å². The van der Waals surface area contributed by atoms with Gasteiger partial charge >= 0.3 is 6.01 Å². The van der Waals surface area contributed by atoms with Gasteiger partial charge in [0.1, 0.15) is 0 Å². The van der Waals surface area contributed by atoms with Crippen molar-refractivity contribution in [1.82, 2.24) is 10.2 Å². The van der Waals surface area contributed by atoms with Crippen molar-refractivity contribution in [1.29, 1.82) is 0 Å². The Morgan fingerprint density at radius 3 is 2.21 bits per heavy atom. The van der Waals surface area contributed by atoms with Gasteiger partial charge in [-0.05, 0) is 40.2 Å². The zero-order valence-corrected chi connectivity index (χ0v) is 17.1. The first-order valence-electron chi connectivity index (χ1n) is 9.55. The minimum Gasteiger partial charge on any atom is -0.407 e. The average Bonchev–Trinajstić information content (AvgIpc) is 3.08. The van der Waals surface area contributed by atoms with Crippen LogP contribution in [0.15, 0.2) is 52.9 Å². The molecule has 0 aliphatic rings. The average molecular weight is 377 g/mol. The Morgan fingerprint density at radius 1 is 1.00 bits per heavy atom. The Morgan fingerprint density at radius 2 is 1.64 bits per heavy atom. The van der Waals surface area contributed by atoms with Gasteiger partial charge in [0.05, 0.1) is 6.42 Å². The Bertz CT molecular complexity index is 933. The molecule has 2 aromatic carbocycles. The van der Waals surface area contributed by atoms with Gasteiger partial charge in [0, 0.05) is 5.56 Å². The third-order valence-electron chi connectivity index (χ3n) is 4.70. The van der Waals surface area contributed by atoms with Gasteiger partial charge < -0.3 is 4.42 Å². The molecule has 0 bridgehead atoms. The number of hydrogen-bond donors (Lipinski definition) is 1. The number of hydrogen-bond acceptors (Lipinski definition) is 4. The molecule has 28 heavy (non-hydrogen) atoms. The highest BCUT2D eigenvalue weighted by Gasteiger charge is 2.16. The van der Waals surface area contributed by atoms with Crippen LogP contribution in [-0.4, -0.2) is 16.1 Å². The second-order valence-electron chi connectivity index (χ2n) is 8.36. The van der Waals surface area contributed by atoms with Crippen LogP contribution in [0.2, 0.25) is 0 Å². The van der Waals surface area contributed by atoms with E-state index in [2.05, 4.69) is 74.4 Å². The van der Waals surface area contributed by atoms with E-state index in [1.807, 2.05) is 24.3 Å². The van der Waals surface area contributed by atoms with Crippen LogP contribution in [0, 0.1) is 0 Å². The number of carbonyl (C=O) groups is 1. The highest BCUT2D eigenvalue weighted by molar-refractivity contribution is 6.03. The molecule has 3 rings (SSSR count). The van der Waals surface area contributed by atoms with E-state index in [4.69, 9.17) is 4.42 Å². The van der Waals surface area contributed by atoms with Gasteiger partial charge in [-0.15, -0.1) is 5.10 Å². The molecule has 0 radical (unpaired) electrons. The summed E-state index contributed by atoms with van der Waals surface area (Å²) in [5.74, 6) is 0.698. The molecule has 1 heterocycles. The number of benzene rings is 2. The first kappa shape index (κ1) is 19.8. The predicted molar refractivity (Wildman–Crippen MR) is 111 cm³/mol. The first-order valence-corrected chi connectivity index (χ1v) is 9.55. The molecule has 0 aliphatic carbocycles. The number of nitrogens with zero attached hydrogens (tertiary/aromatic N) is 2. The summed E-state index contributed by atoms with van der Waals surface area (Å²) in [7, 11) is 0. The Balaban J connectivity index is 1.63. The second-order valence-corrected chi connectivity index (χ2v) is 8.36. The fourth-order valence-electron chi connectivity index (χ4n) is 2.86. The zero-order chi connectivity index (χ0) is 20.3. The van der Waals surface area contributed by atoms with Crippen LogP contribution < -0.4 is 5.32 Å². The van der Waals surface area contributed by atoms with E-state index in [9.17, 15) is 4.79 Å². The minimum atomic E-state index is -0.267. The van der Waals surface area contributed by atoms with Crippen molar-refractivity contribution in [2.75, 3.05) is 5.32 Å². The molecule has 0 saturated carbocycles. The smallest absolute Gasteiger partial charge is 0.322 e. The van der Waals surface area contributed by atoms with E-state index in [-0.39, 0.29) is 17.3 Å². The first-order chi connectivity index (χ1) is 13.2. The molecule has 0 fully saturated rings. The molecule has 1 N–H and O–H groups in total. The molecule has 0 saturated heterocycles. The fraction of sp³-hybridized carbons (Fsp3) is 0.348. The lowest BCUT2D eigenvalue weighted by Crippen LogP contribution is -2.14. The van der Waals surface area contributed by atoms with E-state index >= 15 is 0 Å². The Hall–Kier alpha value is -2.95. The summed E-state index contributed by atoms with van der Waals surface area (Å²) < 4.78 is 5.58. The number of carbonyl (C=O) groups excluding carboxylic acids is 1. The Labute approximate surface area is 166 Å². The maximum atomic E-state index is 12.4. The lowest BCUT2D eigenvalue weighted by Gasteiger charge is -2.18. The van der Waals surface area contributed by atoms with Crippen molar-refractivity contribution in [3.05, 3.63) is 76.7 Å². The van der Waals surface area contributed by atoms with E-state index in [0.717, 1.165) is 5.56 Å². The van der Waals surface area contributed by atoms with Crippen molar-refractivity contribution in [2.45, 2.75) is 52.4 Å². The largest absolute Gasteiger partial charge is 0.407 e. The number of amides is 1. The van der Waals surface area contributed by atoms with Gasteiger partial charge in [0.15, 0.2) is 0 Å². The quantitative estimate of drug-likeness (QED) is 0.652. The SMILES string of the molecule is CC(C)c1ccc(Cc2nnc(NC(=O)c3ccc(C(C)(C)C)cc3)o2)cc1. The molecule has 1 amide bonds. The molecule has 0 unspecified atom stereocenters. The van der Waals surface area contributed by atoms with Crippen LogP contribution in [-0.2, 0) is 11.8 Å². The minimum absolute atomic E-state index is 0.0454. The fourth-order valence-corrected chi connectivity index (χ4v) is 2.86.